The van der Waals surface area contributed by atoms with Crippen LogP contribution in [-0.4, -0.2) is 44.7 Å². The van der Waals surface area contributed by atoms with Crippen LogP contribution in [0.3, 0.4) is 0 Å². The number of carbonyl (C=O) groups excluding carboxylic acids is 1. The van der Waals surface area contributed by atoms with Gasteiger partial charge in [-0.1, -0.05) is 24.6 Å². The molecular formula is C15H23NO3. The third-order valence-corrected chi connectivity index (χ3v) is 2.95. The van der Waals surface area contributed by atoms with Gasteiger partial charge in [-0.3, -0.25) is 4.79 Å². The number of methoxy groups -OCH3 is 1. The summed E-state index contributed by atoms with van der Waals surface area (Å²) in [7, 11) is 3.39. The summed E-state index contributed by atoms with van der Waals surface area (Å²) in [5, 5.41) is 0. The molecule has 0 radical (unpaired) electrons. The van der Waals surface area contributed by atoms with Gasteiger partial charge in [0.25, 0.3) is 0 Å². The van der Waals surface area contributed by atoms with E-state index in [1.165, 1.54) is 12.7 Å². The molecule has 1 atom stereocenters. The van der Waals surface area contributed by atoms with Crippen LogP contribution in [0, 0.1) is 12.8 Å². The van der Waals surface area contributed by atoms with Gasteiger partial charge in [-0.05, 0) is 26.1 Å². The monoisotopic (exact) mass is 265 g/mol. The molecule has 19 heavy (non-hydrogen) atoms. The molecule has 0 saturated carbocycles. The number of carbonyl (C=O) groups is 1. The van der Waals surface area contributed by atoms with E-state index in [9.17, 15) is 4.79 Å². The van der Waals surface area contributed by atoms with Crippen molar-refractivity contribution in [2.75, 3.05) is 33.9 Å². The molecule has 0 fully saturated rings. The summed E-state index contributed by atoms with van der Waals surface area (Å²) in [5.41, 5.74) is 1.22. The average Bonchev–Trinajstić information content (AvgIpc) is 2.40. The molecule has 0 aliphatic heterocycles. The Hall–Kier alpha value is -1.55. The van der Waals surface area contributed by atoms with Crippen LogP contribution >= 0.6 is 0 Å². The first-order valence-corrected chi connectivity index (χ1v) is 6.48. The fourth-order valence-electron chi connectivity index (χ4n) is 1.79. The van der Waals surface area contributed by atoms with Crippen molar-refractivity contribution in [2.24, 2.45) is 5.92 Å². The Morgan fingerprint density at radius 2 is 1.95 bits per heavy atom. The van der Waals surface area contributed by atoms with Gasteiger partial charge in [-0.25, -0.2) is 0 Å². The molecular weight excluding hydrogens is 242 g/mol. The van der Waals surface area contributed by atoms with Crippen LogP contribution in [0.1, 0.15) is 12.5 Å². The molecule has 0 N–H and O–H groups in total. The minimum atomic E-state index is -0.175. The normalized spacial score (nSPS) is 12.3. The second-order valence-corrected chi connectivity index (χ2v) is 4.85. The number of aryl methyl sites for hydroxylation is 1. The molecule has 1 rings (SSSR count). The van der Waals surface area contributed by atoms with Gasteiger partial charge in [-0.2, -0.15) is 0 Å². The van der Waals surface area contributed by atoms with E-state index >= 15 is 0 Å². The molecule has 0 spiro atoms. The molecule has 4 nitrogen and oxygen atoms in total. The highest BCUT2D eigenvalue weighted by molar-refractivity contribution is 5.72. The maximum atomic E-state index is 11.3. The maximum Gasteiger partial charge on any atom is 0.309 e. The summed E-state index contributed by atoms with van der Waals surface area (Å²) in [6, 6.07) is 7.98. The van der Waals surface area contributed by atoms with Gasteiger partial charge in [0.1, 0.15) is 12.4 Å². The van der Waals surface area contributed by atoms with Crippen LogP contribution in [0.15, 0.2) is 24.3 Å². The third kappa shape index (κ3) is 5.75. The summed E-state index contributed by atoms with van der Waals surface area (Å²) in [6.07, 6.45) is 0. The van der Waals surface area contributed by atoms with E-state index in [1.807, 2.05) is 45.2 Å². The van der Waals surface area contributed by atoms with Gasteiger partial charge in [-0.15, -0.1) is 0 Å². The van der Waals surface area contributed by atoms with Crippen LogP contribution in [0.2, 0.25) is 0 Å². The summed E-state index contributed by atoms with van der Waals surface area (Å²) in [5.74, 6) is 0.584. The van der Waals surface area contributed by atoms with E-state index in [0.717, 1.165) is 12.3 Å². The fraction of sp³-hybridized carbons (Fsp3) is 0.533. The minimum Gasteiger partial charge on any atom is -0.492 e. The van der Waals surface area contributed by atoms with E-state index in [2.05, 4.69) is 4.90 Å². The average molecular weight is 265 g/mol. The standard InChI is InChI=1S/C15H23NO3/c1-12-5-7-14(8-6-12)19-10-9-16(3)11-13(2)15(17)18-4/h5-8,13H,9-11H2,1-4H3. The predicted molar refractivity (Wildman–Crippen MR) is 75.4 cm³/mol. The van der Waals surface area contributed by atoms with Crippen molar-refractivity contribution in [1.82, 2.24) is 4.90 Å². The molecule has 0 amide bonds. The lowest BCUT2D eigenvalue weighted by Gasteiger charge is -2.20. The number of ether oxygens (including phenoxy) is 2. The molecule has 0 heterocycles. The molecule has 0 saturated heterocycles. The van der Waals surface area contributed by atoms with Gasteiger partial charge >= 0.3 is 5.97 Å². The van der Waals surface area contributed by atoms with E-state index in [1.54, 1.807) is 0 Å². The van der Waals surface area contributed by atoms with Gasteiger partial charge < -0.3 is 14.4 Å². The number of likely N-dealkylation sites (N-methyl/N-ethyl adjacent to an activating group) is 1. The highest BCUT2D eigenvalue weighted by Crippen LogP contribution is 2.11. The number of nitrogens with zero attached hydrogens (tertiary/aromatic N) is 1. The Bertz CT molecular complexity index is 389. The van der Waals surface area contributed by atoms with Crippen LogP contribution in [0.4, 0.5) is 0 Å². The summed E-state index contributed by atoms with van der Waals surface area (Å²) in [6.45, 7) is 5.96. The van der Waals surface area contributed by atoms with Crippen molar-refractivity contribution in [3.8, 4) is 5.75 Å². The fourth-order valence-corrected chi connectivity index (χ4v) is 1.79. The molecule has 0 aliphatic rings. The van der Waals surface area contributed by atoms with Crippen LogP contribution in [0.5, 0.6) is 5.75 Å². The molecule has 106 valence electrons. The van der Waals surface area contributed by atoms with Crippen LogP contribution < -0.4 is 4.74 Å². The lowest BCUT2D eigenvalue weighted by Crippen LogP contribution is -2.32. The third-order valence-electron chi connectivity index (χ3n) is 2.95. The molecule has 0 bridgehead atoms. The predicted octanol–water partition coefficient (Wildman–Crippen LogP) is 2.11. The van der Waals surface area contributed by atoms with Crippen molar-refractivity contribution in [3.05, 3.63) is 29.8 Å². The zero-order valence-corrected chi connectivity index (χ0v) is 12.2. The summed E-state index contributed by atoms with van der Waals surface area (Å²) in [4.78, 5) is 13.4. The quantitative estimate of drug-likeness (QED) is 0.708. The topological polar surface area (TPSA) is 38.8 Å². The molecule has 1 aromatic carbocycles. The minimum absolute atomic E-state index is 0.116. The second kappa shape index (κ2) is 7.79. The Kier molecular flexibility index (Phi) is 6.36. The zero-order chi connectivity index (χ0) is 14.3. The van der Waals surface area contributed by atoms with Gasteiger partial charge in [0.05, 0.1) is 13.0 Å². The van der Waals surface area contributed by atoms with Crippen molar-refractivity contribution in [3.63, 3.8) is 0 Å². The summed E-state index contributed by atoms with van der Waals surface area (Å²) < 4.78 is 10.3. The number of hydrogen-bond acceptors (Lipinski definition) is 4. The zero-order valence-electron chi connectivity index (χ0n) is 12.2. The summed E-state index contributed by atoms with van der Waals surface area (Å²) >= 11 is 0. The van der Waals surface area contributed by atoms with Crippen molar-refractivity contribution < 1.29 is 14.3 Å². The Morgan fingerprint density at radius 3 is 2.53 bits per heavy atom. The van der Waals surface area contributed by atoms with Gasteiger partial charge in [0.2, 0.25) is 0 Å². The van der Waals surface area contributed by atoms with Crippen molar-refractivity contribution >= 4 is 5.97 Å². The largest absolute Gasteiger partial charge is 0.492 e. The highest BCUT2D eigenvalue weighted by atomic mass is 16.5. The molecule has 0 aromatic heterocycles. The maximum absolute atomic E-state index is 11.3. The molecule has 1 unspecified atom stereocenters. The van der Waals surface area contributed by atoms with Crippen LogP contribution in [0.25, 0.3) is 0 Å². The van der Waals surface area contributed by atoms with Gasteiger partial charge in [0.15, 0.2) is 0 Å². The van der Waals surface area contributed by atoms with E-state index in [-0.39, 0.29) is 11.9 Å². The smallest absolute Gasteiger partial charge is 0.309 e. The van der Waals surface area contributed by atoms with Gasteiger partial charge in [0, 0.05) is 13.1 Å². The van der Waals surface area contributed by atoms with E-state index in [0.29, 0.717) is 13.2 Å². The first-order chi connectivity index (χ1) is 9.02. The van der Waals surface area contributed by atoms with E-state index < -0.39 is 0 Å². The SMILES string of the molecule is COC(=O)C(C)CN(C)CCOc1ccc(C)cc1. The molecule has 1 aromatic rings. The second-order valence-electron chi connectivity index (χ2n) is 4.85. The Balaban J connectivity index is 2.25. The highest BCUT2D eigenvalue weighted by Gasteiger charge is 2.15. The lowest BCUT2D eigenvalue weighted by atomic mass is 10.2. The van der Waals surface area contributed by atoms with Crippen molar-refractivity contribution in [2.45, 2.75) is 13.8 Å². The first kappa shape index (κ1) is 15.5. The Morgan fingerprint density at radius 1 is 1.32 bits per heavy atom. The number of rotatable bonds is 7. The lowest BCUT2D eigenvalue weighted by molar-refractivity contribution is -0.145. The number of esters is 1. The first-order valence-electron chi connectivity index (χ1n) is 6.48. The molecule has 4 heteroatoms. The molecule has 0 aliphatic carbocycles. The van der Waals surface area contributed by atoms with Crippen molar-refractivity contribution in [1.29, 1.82) is 0 Å². The number of hydrogen-bond donors (Lipinski definition) is 0. The van der Waals surface area contributed by atoms with Crippen LogP contribution in [-0.2, 0) is 9.53 Å². The van der Waals surface area contributed by atoms with E-state index in [4.69, 9.17) is 9.47 Å². The number of benzene rings is 1. The Labute approximate surface area is 115 Å².